The number of halogens is 1. The first-order valence-corrected chi connectivity index (χ1v) is 9.92. The van der Waals surface area contributed by atoms with Gasteiger partial charge in [0.25, 0.3) is 0 Å². The molecule has 0 aromatic carbocycles. The molecule has 1 unspecified atom stereocenters. The van der Waals surface area contributed by atoms with Crippen LogP contribution in [0.5, 0.6) is 0 Å². The van der Waals surface area contributed by atoms with Gasteiger partial charge in [-0.3, -0.25) is 9.59 Å². The predicted molar refractivity (Wildman–Crippen MR) is 104 cm³/mol. The second-order valence-electron chi connectivity index (χ2n) is 6.03. The average Bonchev–Trinajstić information content (AvgIpc) is 2.70. The lowest BCUT2D eigenvalue weighted by atomic mass is 10.4. The molecule has 1 amide bonds. The fourth-order valence-corrected chi connectivity index (χ4v) is 1.83. The first-order chi connectivity index (χ1) is 14.1. The average molecular weight is 425 g/mol. The van der Waals surface area contributed by atoms with E-state index in [1.165, 1.54) is 6.92 Å². The van der Waals surface area contributed by atoms with E-state index in [1.807, 2.05) is 0 Å². The van der Waals surface area contributed by atoms with Crippen molar-refractivity contribution >= 4 is 11.7 Å². The maximum atomic E-state index is 13.4. The third kappa shape index (κ3) is 23.0. The molecule has 0 saturated heterocycles. The number of carbonyl (C=O) groups excluding carboxylic acids is 2. The lowest BCUT2D eigenvalue weighted by Gasteiger charge is -2.10. The van der Waals surface area contributed by atoms with Crippen LogP contribution in [0, 0.1) is 0 Å². The first kappa shape index (κ1) is 27.8. The molecular weight excluding hydrogens is 389 g/mol. The minimum Gasteiger partial charge on any atom is -0.377 e. The summed E-state index contributed by atoms with van der Waals surface area (Å²) in [6.45, 7) is 7.31. The lowest BCUT2D eigenvalue weighted by molar-refractivity contribution is -0.122. The molecule has 0 aliphatic carbocycles. The molecule has 0 radical (unpaired) electrons. The molecule has 0 fully saturated rings. The number of ether oxygens (including phenoxy) is 6. The highest BCUT2D eigenvalue weighted by Gasteiger charge is 2.07. The number of hydrogen-bond donors (Lipinski definition) is 1. The van der Waals surface area contributed by atoms with E-state index >= 15 is 0 Å². The maximum absolute atomic E-state index is 13.4. The molecule has 0 aromatic rings. The first-order valence-electron chi connectivity index (χ1n) is 9.92. The van der Waals surface area contributed by atoms with Gasteiger partial charge >= 0.3 is 0 Å². The van der Waals surface area contributed by atoms with Gasteiger partial charge in [-0.25, -0.2) is 4.39 Å². The van der Waals surface area contributed by atoms with Crippen molar-refractivity contribution < 1.29 is 42.4 Å². The Morgan fingerprint density at radius 3 is 1.59 bits per heavy atom. The van der Waals surface area contributed by atoms with Gasteiger partial charge in [0, 0.05) is 6.42 Å². The fourth-order valence-electron chi connectivity index (χ4n) is 1.83. The summed E-state index contributed by atoms with van der Waals surface area (Å²) in [5.74, 6) is -0.185. The highest BCUT2D eigenvalue weighted by Crippen LogP contribution is 1.92. The van der Waals surface area contributed by atoms with Crippen LogP contribution in [-0.4, -0.2) is 104 Å². The van der Waals surface area contributed by atoms with Gasteiger partial charge in [0.1, 0.15) is 12.8 Å². The minimum atomic E-state index is -1.22. The zero-order valence-corrected chi connectivity index (χ0v) is 17.6. The summed E-state index contributed by atoms with van der Waals surface area (Å²) in [6.07, 6.45) is -0.886. The van der Waals surface area contributed by atoms with Crippen molar-refractivity contribution in [2.75, 3.05) is 85.8 Å². The molecule has 172 valence electrons. The molecule has 0 aromatic heterocycles. The van der Waals surface area contributed by atoms with E-state index in [2.05, 4.69) is 5.32 Å². The van der Waals surface area contributed by atoms with Gasteiger partial charge < -0.3 is 33.7 Å². The summed E-state index contributed by atoms with van der Waals surface area (Å²) in [7, 11) is 0. The van der Waals surface area contributed by atoms with Crippen LogP contribution in [0.15, 0.2) is 0 Å². The Morgan fingerprint density at radius 2 is 1.17 bits per heavy atom. The summed E-state index contributed by atoms with van der Waals surface area (Å²) in [6, 6.07) is 0. The molecule has 0 bridgehead atoms. The highest BCUT2D eigenvalue weighted by atomic mass is 19.1. The molecule has 0 saturated carbocycles. The lowest BCUT2D eigenvalue weighted by Crippen LogP contribution is -2.32. The van der Waals surface area contributed by atoms with Gasteiger partial charge in [0.2, 0.25) is 5.91 Å². The van der Waals surface area contributed by atoms with Crippen LogP contribution in [0.4, 0.5) is 4.39 Å². The molecule has 0 aliphatic heterocycles. The fraction of sp³-hybridized carbons (Fsp3) is 0.895. The minimum absolute atomic E-state index is 0.00685. The molecule has 0 heterocycles. The number of amides is 1. The largest absolute Gasteiger partial charge is 0.377 e. The van der Waals surface area contributed by atoms with Crippen molar-refractivity contribution in [3.8, 4) is 0 Å². The summed E-state index contributed by atoms with van der Waals surface area (Å²) in [5.41, 5.74) is 0. The third-order valence-electron chi connectivity index (χ3n) is 3.31. The van der Waals surface area contributed by atoms with Crippen LogP contribution in [0.2, 0.25) is 0 Å². The Labute approximate surface area is 172 Å². The third-order valence-corrected chi connectivity index (χ3v) is 3.31. The van der Waals surface area contributed by atoms with Crippen molar-refractivity contribution in [1.82, 2.24) is 5.32 Å². The smallest absolute Gasteiger partial charge is 0.219 e. The van der Waals surface area contributed by atoms with Crippen molar-refractivity contribution in [3.63, 3.8) is 0 Å². The Balaban J connectivity index is 3.13. The summed E-state index contributed by atoms with van der Waals surface area (Å²) in [4.78, 5) is 21.6. The monoisotopic (exact) mass is 425 g/mol. The number of alkyl halides is 1. The molecule has 10 heteroatoms. The normalized spacial score (nSPS) is 12.1. The van der Waals surface area contributed by atoms with Crippen LogP contribution in [0.25, 0.3) is 0 Å². The molecule has 0 spiro atoms. The van der Waals surface area contributed by atoms with Gasteiger partial charge in [-0.05, 0) is 6.92 Å². The standard InChI is InChI=1S/C19H36FNO8/c1-3-19(23)21-14-18(20)16-29-13-11-27-9-7-25-5-4-24-6-8-26-10-12-28-15-17(2)22/h18H,3-16H2,1-2H3,(H,21,23). The Morgan fingerprint density at radius 1 is 0.759 bits per heavy atom. The molecule has 1 atom stereocenters. The number of nitrogens with one attached hydrogen (secondary N) is 1. The van der Waals surface area contributed by atoms with Crippen molar-refractivity contribution in [2.45, 2.75) is 26.4 Å². The van der Waals surface area contributed by atoms with E-state index in [0.29, 0.717) is 65.9 Å². The van der Waals surface area contributed by atoms with Gasteiger partial charge in [0.15, 0.2) is 5.78 Å². The van der Waals surface area contributed by atoms with Crippen LogP contribution in [-0.2, 0) is 38.0 Å². The van der Waals surface area contributed by atoms with Crippen LogP contribution < -0.4 is 5.32 Å². The Kier molecular flexibility index (Phi) is 20.7. The van der Waals surface area contributed by atoms with Gasteiger partial charge in [-0.1, -0.05) is 6.92 Å². The van der Waals surface area contributed by atoms with Gasteiger partial charge in [0.05, 0.1) is 79.2 Å². The van der Waals surface area contributed by atoms with E-state index in [0.717, 1.165) is 0 Å². The van der Waals surface area contributed by atoms with Gasteiger partial charge in [-0.2, -0.15) is 0 Å². The molecular formula is C19H36FNO8. The zero-order chi connectivity index (χ0) is 21.6. The Bertz CT molecular complexity index is 400. The maximum Gasteiger partial charge on any atom is 0.219 e. The van der Waals surface area contributed by atoms with Crippen molar-refractivity contribution in [2.24, 2.45) is 0 Å². The van der Waals surface area contributed by atoms with Crippen LogP contribution in [0.3, 0.4) is 0 Å². The highest BCUT2D eigenvalue weighted by molar-refractivity contribution is 5.76. The summed E-state index contributed by atoms with van der Waals surface area (Å²) < 4.78 is 44.8. The van der Waals surface area contributed by atoms with E-state index in [-0.39, 0.29) is 38.1 Å². The molecule has 1 N–H and O–H groups in total. The molecule has 0 rings (SSSR count). The molecule has 29 heavy (non-hydrogen) atoms. The summed E-state index contributed by atoms with van der Waals surface area (Å²) in [5, 5.41) is 2.47. The van der Waals surface area contributed by atoms with Gasteiger partial charge in [-0.15, -0.1) is 0 Å². The van der Waals surface area contributed by atoms with E-state index in [9.17, 15) is 14.0 Å². The number of rotatable bonds is 22. The number of carbonyl (C=O) groups is 2. The Hall–Kier alpha value is -1.17. The van der Waals surface area contributed by atoms with Crippen molar-refractivity contribution in [3.05, 3.63) is 0 Å². The summed E-state index contributed by atoms with van der Waals surface area (Å²) >= 11 is 0. The van der Waals surface area contributed by atoms with Crippen LogP contribution in [0.1, 0.15) is 20.3 Å². The second-order valence-corrected chi connectivity index (χ2v) is 6.03. The van der Waals surface area contributed by atoms with Crippen LogP contribution >= 0.6 is 0 Å². The number of hydrogen-bond acceptors (Lipinski definition) is 8. The van der Waals surface area contributed by atoms with Crippen molar-refractivity contribution in [1.29, 1.82) is 0 Å². The second kappa shape index (κ2) is 21.5. The zero-order valence-electron chi connectivity index (χ0n) is 17.6. The SMILES string of the molecule is CCC(=O)NCC(F)COCCOCCOCCOCCOCCOCC(C)=O. The number of Topliss-reactive ketones (excluding diaryl/α,β-unsaturated/α-hetero) is 1. The van der Waals surface area contributed by atoms with E-state index in [4.69, 9.17) is 28.4 Å². The molecule has 9 nitrogen and oxygen atoms in total. The number of ketones is 1. The van der Waals surface area contributed by atoms with E-state index < -0.39 is 6.17 Å². The predicted octanol–water partition coefficient (Wildman–Crippen LogP) is 0.539. The topological polar surface area (TPSA) is 102 Å². The quantitative estimate of drug-likeness (QED) is 0.251. The molecule has 0 aliphatic rings. The van der Waals surface area contributed by atoms with E-state index in [1.54, 1.807) is 6.92 Å².